The molecular weight excluding hydrogens is 314 g/mol. The Balaban J connectivity index is 1.41. The number of halogens is 2. The molecule has 1 aliphatic heterocycles. The first-order valence-corrected chi connectivity index (χ1v) is 8.51. The maximum absolute atomic E-state index is 13.1. The molecule has 2 aliphatic carbocycles. The van der Waals surface area contributed by atoms with Crippen LogP contribution in [-0.4, -0.2) is 36.1 Å². The largest absolute Gasteiger partial charge is 0.459 e. The summed E-state index contributed by atoms with van der Waals surface area (Å²) in [5.41, 5.74) is 0.511. The molecule has 0 N–H and O–H groups in total. The van der Waals surface area contributed by atoms with Gasteiger partial charge in [-0.15, -0.1) is 0 Å². The maximum atomic E-state index is 13.1. The summed E-state index contributed by atoms with van der Waals surface area (Å²) in [6, 6.07) is 3.46. The number of rotatable bonds is 3. The molecule has 2 spiro atoms. The summed E-state index contributed by atoms with van der Waals surface area (Å²) in [5, 5.41) is 0. The lowest BCUT2D eigenvalue weighted by atomic mass is 9.42. The van der Waals surface area contributed by atoms with Gasteiger partial charge in [-0.05, 0) is 44.2 Å². The van der Waals surface area contributed by atoms with Crippen molar-refractivity contribution in [1.29, 1.82) is 0 Å². The van der Waals surface area contributed by atoms with Gasteiger partial charge in [-0.2, -0.15) is 0 Å². The number of aromatic nitrogens is 1. The standard InChI is InChI=1S/C18H22F2N2O2/c1-12(2)24-15(23)13-4-3-5-21-14(13)22-10-17(11-22)6-16(7-17)8-18(19,20)9-16/h3-5,12H,6-11H2,1-2H3. The van der Waals surface area contributed by atoms with Gasteiger partial charge in [-0.3, -0.25) is 0 Å². The van der Waals surface area contributed by atoms with Gasteiger partial charge in [0, 0.05) is 37.5 Å². The van der Waals surface area contributed by atoms with Gasteiger partial charge < -0.3 is 9.64 Å². The summed E-state index contributed by atoms with van der Waals surface area (Å²) in [7, 11) is 0. The third-order valence-corrected chi connectivity index (χ3v) is 5.47. The number of pyridine rings is 1. The van der Waals surface area contributed by atoms with E-state index < -0.39 is 5.92 Å². The first-order valence-electron chi connectivity index (χ1n) is 8.51. The third kappa shape index (κ3) is 2.47. The van der Waals surface area contributed by atoms with E-state index in [2.05, 4.69) is 9.88 Å². The summed E-state index contributed by atoms with van der Waals surface area (Å²) in [6.07, 6.45) is 3.35. The average Bonchev–Trinajstić information content (AvgIpc) is 2.38. The summed E-state index contributed by atoms with van der Waals surface area (Å²) in [6.45, 7) is 5.21. The van der Waals surface area contributed by atoms with Gasteiger partial charge in [0.1, 0.15) is 11.4 Å². The van der Waals surface area contributed by atoms with Crippen LogP contribution in [0.25, 0.3) is 0 Å². The van der Waals surface area contributed by atoms with Gasteiger partial charge in [0.2, 0.25) is 5.92 Å². The fourth-order valence-corrected chi connectivity index (χ4v) is 5.06. The highest BCUT2D eigenvalue weighted by Crippen LogP contribution is 2.71. The van der Waals surface area contributed by atoms with Crippen LogP contribution in [0.15, 0.2) is 18.3 Å². The topological polar surface area (TPSA) is 42.4 Å². The molecule has 2 saturated carbocycles. The van der Waals surface area contributed by atoms with E-state index in [9.17, 15) is 13.6 Å². The van der Waals surface area contributed by atoms with Crippen LogP contribution in [0.3, 0.4) is 0 Å². The number of esters is 1. The number of nitrogens with zero attached hydrogens (tertiary/aromatic N) is 2. The van der Waals surface area contributed by atoms with Crippen molar-refractivity contribution in [1.82, 2.24) is 4.98 Å². The number of carbonyl (C=O) groups excluding carboxylic acids is 1. The maximum Gasteiger partial charge on any atom is 0.342 e. The molecule has 24 heavy (non-hydrogen) atoms. The number of hydrogen-bond acceptors (Lipinski definition) is 4. The van der Waals surface area contributed by atoms with Crippen LogP contribution in [0.4, 0.5) is 14.6 Å². The molecule has 6 heteroatoms. The minimum atomic E-state index is -2.44. The Bertz CT molecular complexity index is 665. The number of alkyl halides is 2. The van der Waals surface area contributed by atoms with Crippen molar-refractivity contribution in [3.8, 4) is 0 Å². The van der Waals surface area contributed by atoms with Crippen molar-refractivity contribution >= 4 is 11.8 Å². The molecule has 1 aromatic heterocycles. The van der Waals surface area contributed by atoms with Crippen LogP contribution in [0.2, 0.25) is 0 Å². The molecule has 0 unspecified atom stereocenters. The molecule has 0 aromatic carbocycles. The fourth-order valence-electron chi connectivity index (χ4n) is 5.06. The zero-order chi connectivity index (χ0) is 17.2. The predicted molar refractivity (Wildman–Crippen MR) is 85.3 cm³/mol. The first-order chi connectivity index (χ1) is 11.2. The highest BCUT2D eigenvalue weighted by molar-refractivity contribution is 5.95. The highest BCUT2D eigenvalue weighted by Gasteiger charge is 2.69. The smallest absolute Gasteiger partial charge is 0.342 e. The van der Waals surface area contributed by atoms with Crippen molar-refractivity contribution in [2.24, 2.45) is 10.8 Å². The zero-order valence-corrected chi connectivity index (χ0v) is 14.0. The van der Waals surface area contributed by atoms with Crippen LogP contribution in [0.5, 0.6) is 0 Å². The Hall–Kier alpha value is -1.72. The average molecular weight is 336 g/mol. The predicted octanol–water partition coefficient (Wildman–Crippen LogP) is 3.66. The van der Waals surface area contributed by atoms with Crippen LogP contribution in [0.1, 0.15) is 49.9 Å². The summed E-state index contributed by atoms with van der Waals surface area (Å²) < 4.78 is 31.6. The Labute approximate surface area is 140 Å². The van der Waals surface area contributed by atoms with E-state index in [-0.39, 0.29) is 35.7 Å². The van der Waals surface area contributed by atoms with E-state index >= 15 is 0 Å². The molecule has 3 fully saturated rings. The molecule has 0 atom stereocenters. The van der Waals surface area contributed by atoms with Gasteiger partial charge in [0.05, 0.1) is 6.10 Å². The second kappa shape index (κ2) is 4.90. The molecule has 0 bridgehead atoms. The third-order valence-electron chi connectivity index (χ3n) is 5.47. The minimum absolute atomic E-state index is 0.0529. The molecule has 0 amide bonds. The summed E-state index contributed by atoms with van der Waals surface area (Å²) in [5.74, 6) is -2.16. The molecule has 1 saturated heterocycles. The molecule has 0 radical (unpaired) electrons. The highest BCUT2D eigenvalue weighted by atomic mass is 19.3. The van der Waals surface area contributed by atoms with Crippen molar-refractivity contribution in [3.63, 3.8) is 0 Å². The van der Waals surface area contributed by atoms with E-state index in [1.54, 1.807) is 18.3 Å². The second-order valence-electron chi connectivity index (χ2n) is 8.25. The Morgan fingerprint density at radius 1 is 1.21 bits per heavy atom. The van der Waals surface area contributed by atoms with Gasteiger partial charge >= 0.3 is 5.97 Å². The van der Waals surface area contributed by atoms with Crippen molar-refractivity contribution < 1.29 is 18.3 Å². The first kappa shape index (κ1) is 15.8. The normalized spacial score (nSPS) is 25.1. The van der Waals surface area contributed by atoms with E-state index in [1.807, 2.05) is 13.8 Å². The van der Waals surface area contributed by atoms with Gasteiger partial charge in [-0.1, -0.05) is 0 Å². The van der Waals surface area contributed by atoms with Gasteiger partial charge in [0.25, 0.3) is 0 Å². The molecule has 4 nitrogen and oxygen atoms in total. The second-order valence-corrected chi connectivity index (χ2v) is 8.25. The molecule has 2 heterocycles. The van der Waals surface area contributed by atoms with Gasteiger partial charge in [-0.25, -0.2) is 18.6 Å². The Kier molecular flexibility index (Phi) is 3.22. The van der Waals surface area contributed by atoms with Crippen molar-refractivity contribution in [2.75, 3.05) is 18.0 Å². The lowest BCUT2D eigenvalue weighted by Crippen LogP contribution is -2.70. The minimum Gasteiger partial charge on any atom is -0.459 e. The van der Waals surface area contributed by atoms with Crippen molar-refractivity contribution in [3.05, 3.63) is 23.9 Å². The van der Waals surface area contributed by atoms with Crippen LogP contribution in [0, 0.1) is 10.8 Å². The van der Waals surface area contributed by atoms with Gasteiger partial charge in [0.15, 0.2) is 0 Å². The summed E-state index contributed by atoms with van der Waals surface area (Å²) in [4.78, 5) is 18.6. The summed E-state index contributed by atoms with van der Waals surface area (Å²) >= 11 is 0. The number of ether oxygens (including phenoxy) is 1. The van der Waals surface area contributed by atoms with Crippen LogP contribution >= 0.6 is 0 Å². The van der Waals surface area contributed by atoms with Crippen molar-refractivity contribution in [2.45, 2.75) is 51.6 Å². The lowest BCUT2D eigenvalue weighted by molar-refractivity contribution is -0.235. The Morgan fingerprint density at radius 2 is 1.88 bits per heavy atom. The lowest BCUT2D eigenvalue weighted by Gasteiger charge is -2.69. The molecule has 4 rings (SSSR count). The SMILES string of the molecule is CC(C)OC(=O)c1cccnc1N1CC2(C1)CC1(CC(F)(F)C1)C2. The number of carbonyl (C=O) groups is 1. The number of hydrogen-bond donors (Lipinski definition) is 0. The number of anilines is 1. The molecular formula is C18H22F2N2O2. The zero-order valence-electron chi connectivity index (χ0n) is 14.0. The molecule has 1 aromatic rings. The van der Waals surface area contributed by atoms with Crippen LogP contribution < -0.4 is 4.90 Å². The van der Waals surface area contributed by atoms with E-state index in [0.717, 1.165) is 25.9 Å². The molecule has 130 valence electrons. The fraction of sp³-hybridized carbons (Fsp3) is 0.667. The monoisotopic (exact) mass is 336 g/mol. The van der Waals surface area contributed by atoms with E-state index in [4.69, 9.17) is 4.74 Å². The van der Waals surface area contributed by atoms with E-state index in [0.29, 0.717) is 11.4 Å². The quantitative estimate of drug-likeness (QED) is 0.790. The molecule has 3 aliphatic rings. The Morgan fingerprint density at radius 3 is 2.46 bits per heavy atom. The van der Waals surface area contributed by atoms with Crippen LogP contribution in [-0.2, 0) is 4.74 Å². The van der Waals surface area contributed by atoms with E-state index in [1.165, 1.54) is 0 Å².